The average Bonchev–Trinajstić information content (AvgIpc) is 2.84. The van der Waals surface area contributed by atoms with Crippen LogP contribution in [0.25, 0.3) is 0 Å². The van der Waals surface area contributed by atoms with Crippen molar-refractivity contribution in [2.24, 2.45) is 0 Å². The van der Waals surface area contributed by atoms with E-state index >= 15 is 0 Å². The van der Waals surface area contributed by atoms with Crippen LogP contribution in [-0.2, 0) is 16.1 Å². The van der Waals surface area contributed by atoms with Gasteiger partial charge in [-0.2, -0.15) is 5.10 Å². The minimum Gasteiger partial charge on any atom is -0.381 e. The minimum absolute atomic E-state index is 0.0517. The smallest absolute Gasteiger partial charge is 0.240 e. The van der Waals surface area contributed by atoms with Crippen LogP contribution in [0.3, 0.4) is 0 Å². The van der Waals surface area contributed by atoms with Crippen LogP contribution in [0.15, 0.2) is 6.07 Å². The molecule has 1 aromatic heterocycles. The zero-order valence-corrected chi connectivity index (χ0v) is 13.2. The molecule has 0 spiro atoms. The van der Waals surface area contributed by atoms with E-state index < -0.39 is 0 Å². The number of nitrogens with zero attached hydrogens (tertiary/aromatic N) is 3. The van der Waals surface area contributed by atoms with Gasteiger partial charge in [0.25, 0.3) is 0 Å². The highest BCUT2D eigenvalue weighted by molar-refractivity contribution is 14.1. The monoisotopic (exact) mass is 375 g/mol. The zero-order valence-electron chi connectivity index (χ0n) is 11.0. The largest absolute Gasteiger partial charge is 0.381 e. The van der Waals surface area contributed by atoms with Crippen LogP contribution in [0, 0.1) is 0 Å². The second kappa shape index (κ2) is 5.40. The maximum absolute atomic E-state index is 12.2. The standard InChI is InChI=1S/C13H18IN3O2/c1-16-12-8-11(9-3-6-19-7-4-9)15-17(12)5-2-10(14)13(16)18/h8-10H,2-7H2,1H3. The number of ether oxygens (including phenoxy) is 1. The van der Waals surface area contributed by atoms with Crippen molar-refractivity contribution >= 4 is 34.3 Å². The maximum Gasteiger partial charge on any atom is 0.240 e. The van der Waals surface area contributed by atoms with E-state index in [0.717, 1.165) is 50.5 Å². The van der Waals surface area contributed by atoms with Crippen molar-refractivity contribution in [3.63, 3.8) is 0 Å². The first-order valence-electron chi connectivity index (χ1n) is 6.74. The molecule has 2 aliphatic heterocycles. The molecule has 1 unspecified atom stereocenters. The highest BCUT2D eigenvalue weighted by Gasteiger charge is 2.29. The fourth-order valence-electron chi connectivity index (χ4n) is 2.74. The summed E-state index contributed by atoms with van der Waals surface area (Å²) in [7, 11) is 1.85. The Kier molecular flexibility index (Phi) is 3.79. The summed E-state index contributed by atoms with van der Waals surface area (Å²) in [6.45, 7) is 2.46. The topological polar surface area (TPSA) is 47.4 Å². The number of rotatable bonds is 1. The lowest BCUT2D eigenvalue weighted by Gasteiger charge is -2.20. The second-order valence-electron chi connectivity index (χ2n) is 5.19. The molecule has 6 heteroatoms. The fourth-order valence-corrected chi connectivity index (χ4v) is 3.43. The first-order valence-corrected chi connectivity index (χ1v) is 7.98. The summed E-state index contributed by atoms with van der Waals surface area (Å²) < 4.78 is 7.43. The first-order chi connectivity index (χ1) is 9.16. The molecule has 0 aromatic carbocycles. The number of carbonyl (C=O) groups is 1. The Hall–Kier alpha value is -0.630. The number of anilines is 1. The Balaban J connectivity index is 1.88. The van der Waals surface area contributed by atoms with E-state index in [-0.39, 0.29) is 9.83 Å². The molecule has 0 aliphatic carbocycles. The zero-order chi connectivity index (χ0) is 13.4. The van der Waals surface area contributed by atoms with Gasteiger partial charge < -0.3 is 4.74 Å². The summed E-state index contributed by atoms with van der Waals surface area (Å²) in [5.74, 6) is 1.59. The molecular weight excluding hydrogens is 357 g/mol. The first kappa shape index (κ1) is 13.4. The van der Waals surface area contributed by atoms with Gasteiger partial charge in [0.15, 0.2) is 0 Å². The molecule has 0 radical (unpaired) electrons. The van der Waals surface area contributed by atoms with Gasteiger partial charge in [-0.15, -0.1) is 0 Å². The SMILES string of the molecule is CN1C(=O)C(I)CCn2nc(C3CCOCC3)cc21. The van der Waals surface area contributed by atoms with Crippen molar-refractivity contribution in [3.8, 4) is 0 Å². The van der Waals surface area contributed by atoms with E-state index in [1.54, 1.807) is 4.90 Å². The van der Waals surface area contributed by atoms with Gasteiger partial charge in [-0.25, -0.2) is 4.68 Å². The Morgan fingerprint density at radius 1 is 1.37 bits per heavy atom. The molecule has 1 fully saturated rings. The molecule has 1 atom stereocenters. The van der Waals surface area contributed by atoms with Gasteiger partial charge in [-0.05, 0) is 19.3 Å². The number of aromatic nitrogens is 2. The highest BCUT2D eigenvalue weighted by Crippen LogP contribution is 2.31. The van der Waals surface area contributed by atoms with Crippen LogP contribution in [0.1, 0.15) is 30.9 Å². The molecule has 1 aromatic rings. The molecule has 3 heterocycles. The molecule has 104 valence electrons. The molecule has 3 rings (SSSR count). The van der Waals surface area contributed by atoms with Crippen LogP contribution in [0.4, 0.5) is 5.82 Å². The van der Waals surface area contributed by atoms with Gasteiger partial charge in [0.1, 0.15) is 5.82 Å². The van der Waals surface area contributed by atoms with Gasteiger partial charge >= 0.3 is 0 Å². The van der Waals surface area contributed by atoms with Crippen LogP contribution in [-0.4, -0.2) is 39.9 Å². The van der Waals surface area contributed by atoms with E-state index in [2.05, 4.69) is 28.7 Å². The number of hydrogen-bond donors (Lipinski definition) is 0. The number of aryl methyl sites for hydroxylation is 1. The molecule has 0 bridgehead atoms. The van der Waals surface area contributed by atoms with E-state index in [9.17, 15) is 4.79 Å². The van der Waals surface area contributed by atoms with Gasteiger partial charge in [0.2, 0.25) is 5.91 Å². The number of fused-ring (bicyclic) bond motifs is 1. The van der Waals surface area contributed by atoms with Crippen LogP contribution >= 0.6 is 22.6 Å². The molecule has 19 heavy (non-hydrogen) atoms. The number of alkyl halides is 1. The fraction of sp³-hybridized carbons (Fsp3) is 0.692. The molecular formula is C13H18IN3O2. The van der Waals surface area contributed by atoms with Crippen molar-refractivity contribution < 1.29 is 9.53 Å². The maximum atomic E-state index is 12.2. The number of hydrogen-bond acceptors (Lipinski definition) is 3. The number of amides is 1. The molecule has 0 saturated carbocycles. The van der Waals surface area contributed by atoms with Crippen LogP contribution in [0.5, 0.6) is 0 Å². The quantitative estimate of drug-likeness (QED) is 0.557. The summed E-state index contributed by atoms with van der Waals surface area (Å²) in [4.78, 5) is 13.9. The third-order valence-electron chi connectivity index (χ3n) is 3.95. The summed E-state index contributed by atoms with van der Waals surface area (Å²) in [6, 6.07) is 2.09. The molecule has 2 aliphatic rings. The predicted octanol–water partition coefficient (Wildman–Crippen LogP) is 1.95. The lowest BCUT2D eigenvalue weighted by molar-refractivity contribution is -0.117. The summed E-state index contributed by atoms with van der Waals surface area (Å²) in [5.41, 5.74) is 1.12. The summed E-state index contributed by atoms with van der Waals surface area (Å²) in [5, 5.41) is 4.72. The van der Waals surface area contributed by atoms with Crippen LogP contribution in [0.2, 0.25) is 0 Å². The summed E-state index contributed by atoms with van der Waals surface area (Å²) >= 11 is 2.22. The van der Waals surface area contributed by atoms with Gasteiger partial charge in [0, 0.05) is 38.8 Å². The van der Waals surface area contributed by atoms with Crippen molar-refractivity contribution in [1.82, 2.24) is 9.78 Å². The molecule has 5 nitrogen and oxygen atoms in total. The number of carbonyl (C=O) groups excluding carboxylic acids is 1. The molecule has 1 amide bonds. The van der Waals surface area contributed by atoms with Crippen molar-refractivity contribution in [2.75, 3.05) is 25.2 Å². The summed E-state index contributed by atoms with van der Waals surface area (Å²) in [6.07, 6.45) is 2.91. The van der Waals surface area contributed by atoms with Crippen LogP contribution < -0.4 is 4.90 Å². The molecule has 1 saturated heterocycles. The van der Waals surface area contributed by atoms with E-state index in [1.807, 2.05) is 11.7 Å². The molecule has 0 N–H and O–H groups in total. The Labute approximate surface area is 126 Å². The predicted molar refractivity (Wildman–Crippen MR) is 80.9 cm³/mol. The van der Waals surface area contributed by atoms with Crippen molar-refractivity contribution in [3.05, 3.63) is 11.8 Å². The lowest BCUT2D eigenvalue weighted by atomic mass is 9.97. The van der Waals surface area contributed by atoms with E-state index in [4.69, 9.17) is 9.84 Å². The average molecular weight is 375 g/mol. The van der Waals surface area contributed by atoms with Crippen molar-refractivity contribution in [1.29, 1.82) is 0 Å². The minimum atomic E-state index is 0.0517. The van der Waals surface area contributed by atoms with E-state index in [0.29, 0.717) is 5.92 Å². The Morgan fingerprint density at radius 3 is 2.84 bits per heavy atom. The second-order valence-corrected chi connectivity index (χ2v) is 6.69. The van der Waals surface area contributed by atoms with Gasteiger partial charge in [-0.3, -0.25) is 9.69 Å². The normalized spacial score (nSPS) is 25.3. The Morgan fingerprint density at radius 2 is 2.11 bits per heavy atom. The third-order valence-corrected chi connectivity index (χ3v) is 5.11. The van der Waals surface area contributed by atoms with Crippen molar-refractivity contribution in [2.45, 2.75) is 35.6 Å². The van der Waals surface area contributed by atoms with Gasteiger partial charge in [0.05, 0.1) is 9.62 Å². The lowest BCUT2D eigenvalue weighted by Crippen LogP contribution is -2.32. The van der Waals surface area contributed by atoms with Gasteiger partial charge in [-0.1, -0.05) is 22.6 Å². The van der Waals surface area contributed by atoms with E-state index in [1.165, 1.54) is 0 Å². The third kappa shape index (κ3) is 2.52. The highest BCUT2D eigenvalue weighted by atomic mass is 127. The Bertz CT molecular complexity index is 482. The number of halogens is 1.